The normalized spacial score (nSPS) is 14.8. The van der Waals surface area contributed by atoms with E-state index in [1.165, 1.54) is 6.92 Å². The summed E-state index contributed by atoms with van der Waals surface area (Å²) in [5.41, 5.74) is 10.1. The van der Waals surface area contributed by atoms with Crippen molar-refractivity contribution >= 4 is 17.9 Å². The summed E-state index contributed by atoms with van der Waals surface area (Å²) in [6, 6.07) is -0.981. The first-order valence-electron chi connectivity index (χ1n) is 21.9. The minimum Gasteiger partial charge on any atom is -0.666 e. The van der Waals surface area contributed by atoms with Gasteiger partial charge in [-0.25, -0.2) is 0 Å². The van der Waals surface area contributed by atoms with Crippen LogP contribution in [0.5, 0.6) is 0 Å². The van der Waals surface area contributed by atoms with E-state index in [2.05, 4.69) is 56.0 Å². The van der Waals surface area contributed by atoms with E-state index >= 15 is 0 Å². The molecule has 0 bridgehead atoms. The largest absolute Gasteiger partial charge is 2.00 e. The number of hydrogen-bond donors (Lipinski definition) is 7. The molecule has 12 nitrogen and oxygen atoms in total. The molecule has 0 aromatic heterocycles. The van der Waals surface area contributed by atoms with Gasteiger partial charge >= 0.3 is 19.5 Å². The Balaban J connectivity index is -0.000000263. The van der Waals surface area contributed by atoms with Gasteiger partial charge in [0.2, 0.25) is 0 Å². The number of carbonyl (C=O) groups excluding carboxylic acids is 1. The number of carboxylic acids is 3. The van der Waals surface area contributed by atoms with Crippen LogP contribution in [0.25, 0.3) is 5.73 Å². The number of hydrogen-bond acceptors (Lipinski definition) is 8. The van der Waals surface area contributed by atoms with Crippen molar-refractivity contribution in [2.45, 2.75) is 154 Å². The smallest absolute Gasteiger partial charge is 0.666 e. The molecule has 0 aromatic rings. The summed E-state index contributed by atoms with van der Waals surface area (Å²) in [5.74, 6) is -3.40. The monoisotopic (exact) mass is 935 g/mol. The average molecular weight is 937 g/mol. The molecule has 10 N–H and O–H groups in total. The molecule has 0 aromatic carbocycles. The zero-order valence-corrected chi connectivity index (χ0v) is 41.7. The van der Waals surface area contributed by atoms with Gasteiger partial charge in [0.05, 0.1) is 31.0 Å². The summed E-state index contributed by atoms with van der Waals surface area (Å²) in [4.78, 5) is 30.0. The van der Waals surface area contributed by atoms with Crippen LogP contribution in [0, 0.1) is 12.8 Å². The van der Waals surface area contributed by atoms with Gasteiger partial charge in [-0.2, -0.15) is 0 Å². The molecular weight excluding hydrogens is 854 g/mol. The van der Waals surface area contributed by atoms with E-state index in [0.29, 0.717) is 19.3 Å². The van der Waals surface area contributed by atoms with Gasteiger partial charge in [-0.05, 0) is 83.1 Å². The van der Waals surface area contributed by atoms with Gasteiger partial charge in [-0.1, -0.05) is 174 Å². The van der Waals surface area contributed by atoms with Gasteiger partial charge in [-0.3, -0.25) is 9.59 Å². The van der Waals surface area contributed by atoms with Gasteiger partial charge < -0.3 is 58.9 Å². The number of aliphatic hydroxyl groups is 4. The molecule has 13 heteroatoms. The van der Waals surface area contributed by atoms with Crippen molar-refractivity contribution < 1.29 is 75.3 Å². The third-order valence-corrected chi connectivity index (χ3v) is 8.09. The molecule has 0 radical (unpaired) electrons. The quantitative estimate of drug-likeness (QED) is 0.0116. The van der Waals surface area contributed by atoms with Crippen LogP contribution in [-0.4, -0.2) is 85.5 Å². The zero-order chi connectivity index (χ0) is 47.7. The van der Waals surface area contributed by atoms with Crippen LogP contribution in [0.3, 0.4) is 0 Å². The molecule has 0 fully saturated rings. The molecular formula is C50H82N2O10Zn. The maximum Gasteiger partial charge on any atom is 2.00 e. The molecule has 0 saturated heterocycles. The van der Waals surface area contributed by atoms with E-state index in [-0.39, 0.29) is 44.2 Å². The average Bonchev–Trinajstić information content (AvgIpc) is 3.23. The fraction of sp³-hybridized carbons (Fsp3) is 0.520. The fourth-order valence-corrected chi connectivity index (χ4v) is 4.12. The van der Waals surface area contributed by atoms with Crippen molar-refractivity contribution in [2.24, 2.45) is 5.92 Å². The van der Waals surface area contributed by atoms with E-state index in [9.17, 15) is 39.9 Å². The number of carboxylic acid groups (broad SMARTS) is 3. The summed E-state index contributed by atoms with van der Waals surface area (Å²) in [6.45, 7) is 11.7. The summed E-state index contributed by atoms with van der Waals surface area (Å²) in [5, 5.41) is 64.3. The van der Waals surface area contributed by atoms with Crippen molar-refractivity contribution in [3.8, 4) is 0 Å². The number of aliphatic hydroxyl groups excluding tert-OH is 4. The van der Waals surface area contributed by atoms with Crippen LogP contribution < -0.4 is 10.8 Å². The summed E-state index contributed by atoms with van der Waals surface area (Å²) in [7, 11) is 0. The predicted molar refractivity (Wildman–Crippen MR) is 252 cm³/mol. The van der Waals surface area contributed by atoms with E-state index in [0.717, 1.165) is 77.2 Å². The minimum atomic E-state index is -1.08. The molecule has 0 unspecified atom stereocenters. The molecule has 63 heavy (non-hydrogen) atoms. The Hall–Kier alpha value is -3.81. The van der Waals surface area contributed by atoms with E-state index in [1.54, 1.807) is 24.3 Å². The summed E-state index contributed by atoms with van der Waals surface area (Å²) < 4.78 is 0. The van der Waals surface area contributed by atoms with Gasteiger partial charge in [0.15, 0.2) is 0 Å². The van der Waals surface area contributed by atoms with Gasteiger partial charge in [0, 0.05) is 5.97 Å². The number of rotatable bonds is 31. The van der Waals surface area contributed by atoms with Gasteiger partial charge in [0.25, 0.3) is 11.9 Å². The van der Waals surface area contributed by atoms with Gasteiger partial charge in [-0.15, -0.1) is 0 Å². The van der Waals surface area contributed by atoms with Crippen molar-refractivity contribution in [3.05, 3.63) is 134 Å². The Morgan fingerprint density at radius 2 is 0.921 bits per heavy atom. The van der Waals surface area contributed by atoms with E-state index in [4.69, 9.17) is 15.9 Å². The standard InChI is InChI=1S/C20H30O4.C20H32O2.C7H14NO2.C3H6NO2.Zn/c1-2-18(21)14-11-9-7-5-3-4-6-8-10-12-15-19(22)16-13-17-20(23)24;1-3-5-16-20(22)18-15-13-11-9-7-6-8-10-12-14-17-19(21)4-2;1-6(7(9)10)4-2-3-5-8;1-2(4)3(5)6;/h3-4,7-12,14-15,18-19,21-22H,2,5-6,13,16-17H2,1H3,(H,23,24);6-7,10-15,17-22H,3-5,8-9,16H2,1-2H3;6H,1-5,8H2,(H,9,10);2,4H,1H3,(H,5,6);/q;;2*-1;+2/b4-3-,9-7-,10-8-,14-11+,15-12+;7-6-,12-10-,13-11-,17-14+,18-15+;;;/t18-,19+;19-,20-;6-;2-;/m0000./s1. The Morgan fingerprint density at radius 3 is 1.21 bits per heavy atom. The molecule has 0 aliphatic heterocycles. The fourth-order valence-electron chi connectivity index (χ4n) is 4.12. The van der Waals surface area contributed by atoms with Crippen LogP contribution in [-0.2, 0) is 33.9 Å². The second kappa shape index (κ2) is 54.3. The first-order valence-corrected chi connectivity index (χ1v) is 21.9. The molecule has 0 saturated carbocycles. The minimum absolute atomic E-state index is 0. The molecule has 6 atom stereocenters. The zero-order valence-electron chi connectivity index (χ0n) is 38.8. The predicted octanol–water partition coefficient (Wildman–Crippen LogP) is 7.91. The molecule has 354 valence electrons. The van der Waals surface area contributed by atoms with Crippen molar-refractivity contribution in [1.29, 1.82) is 0 Å². The number of carbonyl (C=O) groups is 3. The Morgan fingerprint density at radius 1 is 0.571 bits per heavy atom. The van der Waals surface area contributed by atoms with Crippen LogP contribution >= 0.6 is 0 Å². The maximum absolute atomic E-state index is 10.2. The first kappa shape index (κ1) is 68.3. The summed E-state index contributed by atoms with van der Waals surface area (Å²) in [6.07, 6.45) is 48.4. The molecule has 0 spiro atoms. The topological polar surface area (TPSA) is 247 Å². The molecule has 0 amide bonds. The van der Waals surface area contributed by atoms with Crippen LogP contribution in [0.2, 0.25) is 0 Å². The van der Waals surface area contributed by atoms with Gasteiger partial charge in [0.1, 0.15) is 0 Å². The number of quaternary nitrogens is 1. The van der Waals surface area contributed by atoms with Crippen LogP contribution in [0.1, 0.15) is 124 Å². The third-order valence-electron chi connectivity index (χ3n) is 8.09. The Kier molecular flexibility index (Phi) is 58.9. The van der Waals surface area contributed by atoms with E-state index in [1.807, 2.05) is 74.6 Å². The summed E-state index contributed by atoms with van der Waals surface area (Å²) >= 11 is 0. The molecule has 0 rings (SSSR count). The second-order valence-electron chi connectivity index (χ2n) is 14.1. The van der Waals surface area contributed by atoms with E-state index < -0.39 is 36.0 Å². The van der Waals surface area contributed by atoms with Crippen molar-refractivity contribution in [2.75, 3.05) is 6.54 Å². The first-order chi connectivity index (χ1) is 29.6. The van der Waals surface area contributed by atoms with Crippen molar-refractivity contribution in [3.63, 3.8) is 0 Å². The SMILES string of the molecule is CCCC[C@H](O)/C=C/C=C\C/C=C\C/C=C\C=C\[C@@H](O)CC.CC[C@H](O)/C=C/C=C\C/C=C\C/C=C\C=C\[C@@H](O)CCCC(=O)[O-].C[C@H]([NH-])C(=O)O.[CH2-][C@@H](CCCC[NH3+])C(=O)O.[Zn+2]. The maximum atomic E-state index is 10.2. The molecule has 0 aliphatic rings. The molecule has 0 aliphatic carbocycles. The number of unbranched alkanes of at least 4 members (excludes halogenated alkanes) is 2. The van der Waals surface area contributed by atoms with Crippen LogP contribution in [0.4, 0.5) is 0 Å². The number of nitrogens with one attached hydrogen (secondary N) is 1. The Labute approximate surface area is 392 Å². The van der Waals surface area contributed by atoms with Crippen LogP contribution in [0.15, 0.2) is 122 Å². The second-order valence-corrected chi connectivity index (χ2v) is 14.1. The number of aliphatic carboxylic acids is 3. The van der Waals surface area contributed by atoms with Crippen molar-refractivity contribution in [1.82, 2.24) is 0 Å². The third kappa shape index (κ3) is 64.9. The molecule has 0 heterocycles. The number of allylic oxidation sites excluding steroid dienone is 16. The Bertz CT molecular complexity index is 1370.